The highest BCUT2D eigenvalue weighted by molar-refractivity contribution is 5.23. The Bertz CT molecular complexity index is 346. The minimum atomic E-state index is 0.549. The first-order chi connectivity index (χ1) is 6.90. The molecule has 0 saturated heterocycles. The summed E-state index contributed by atoms with van der Waals surface area (Å²) in [5.41, 5.74) is 1.66. The molecule has 1 aromatic rings. The van der Waals surface area contributed by atoms with Crippen LogP contribution in [0.25, 0.3) is 0 Å². The maximum absolute atomic E-state index is 8.75. The Morgan fingerprint density at radius 2 is 2.00 bits per heavy atom. The lowest BCUT2D eigenvalue weighted by Gasteiger charge is -2.20. The number of nitrogens with zero attached hydrogens (tertiary/aromatic N) is 2. The van der Waals surface area contributed by atoms with Gasteiger partial charge in [-0.05, 0) is 25.0 Å². The molecule has 2 rings (SSSR count). The lowest BCUT2D eigenvalue weighted by molar-refractivity contribution is 0.436. The molecule has 0 atom stereocenters. The summed E-state index contributed by atoms with van der Waals surface area (Å²) in [4.78, 5) is 4.35. The molecule has 1 fully saturated rings. The molecule has 72 valence electrons. The van der Waals surface area contributed by atoms with Crippen molar-refractivity contribution in [2.75, 3.05) is 0 Å². The number of hydrogen-bond acceptors (Lipinski definition) is 2. The van der Waals surface area contributed by atoms with Crippen molar-refractivity contribution in [1.82, 2.24) is 4.98 Å². The first kappa shape index (κ1) is 9.21. The van der Waals surface area contributed by atoms with Gasteiger partial charge in [-0.3, -0.25) is 0 Å². The summed E-state index contributed by atoms with van der Waals surface area (Å²) in [7, 11) is 0. The molecule has 0 bridgehead atoms. The Kier molecular flexibility index (Phi) is 2.78. The van der Waals surface area contributed by atoms with Crippen LogP contribution in [-0.4, -0.2) is 4.98 Å². The van der Waals surface area contributed by atoms with Crippen LogP contribution >= 0.6 is 0 Å². The third-order valence-corrected chi connectivity index (χ3v) is 2.91. The van der Waals surface area contributed by atoms with Gasteiger partial charge in [0.25, 0.3) is 0 Å². The van der Waals surface area contributed by atoms with Crippen molar-refractivity contribution in [2.45, 2.75) is 38.0 Å². The monoisotopic (exact) mass is 186 g/mol. The SMILES string of the molecule is N#Cc1cccc(C2CCCCC2)n1. The van der Waals surface area contributed by atoms with Crippen LogP contribution < -0.4 is 0 Å². The summed E-state index contributed by atoms with van der Waals surface area (Å²) in [6.45, 7) is 0. The Morgan fingerprint density at radius 3 is 2.71 bits per heavy atom. The van der Waals surface area contributed by atoms with Crippen molar-refractivity contribution in [3.63, 3.8) is 0 Å². The molecule has 2 nitrogen and oxygen atoms in total. The highest BCUT2D eigenvalue weighted by atomic mass is 14.7. The maximum Gasteiger partial charge on any atom is 0.140 e. The molecule has 2 heteroatoms. The van der Waals surface area contributed by atoms with E-state index in [0.717, 1.165) is 5.69 Å². The van der Waals surface area contributed by atoms with E-state index in [-0.39, 0.29) is 0 Å². The largest absolute Gasteiger partial charge is 0.242 e. The predicted molar refractivity (Wildman–Crippen MR) is 54.8 cm³/mol. The van der Waals surface area contributed by atoms with Gasteiger partial charge in [0, 0.05) is 11.6 Å². The van der Waals surface area contributed by atoms with Gasteiger partial charge in [0.2, 0.25) is 0 Å². The molecular formula is C12H14N2. The van der Waals surface area contributed by atoms with E-state index in [4.69, 9.17) is 5.26 Å². The fraction of sp³-hybridized carbons (Fsp3) is 0.500. The third kappa shape index (κ3) is 1.93. The molecule has 0 aromatic carbocycles. The molecule has 1 saturated carbocycles. The van der Waals surface area contributed by atoms with Crippen LogP contribution in [0.1, 0.15) is 49.4 Å². The molecule has 0 spiro atoms. The van der Waals surface area contributed by atoms with Crippen molar-refractivity contribution in [3.05, 3.63) is 29.6 Å². The third-order valence-electron chi connectivity index (χ3n) is 2.91. The van der Waals surface area contributed by atoms with Gasteiger partial charge < -0.3 is 0 Å². The minimum absolute atomic E-state index is 0.549. The normalized spacial score (nSPS) is 17.6. The first-order valence-electron chi connectivity index (χ1n) is 5.27. The second kappa shape index (κ2) is 4.23. The molecular weight excluding hydrogens is 172 g/mol. The molecule has 1 aliphatic carbocycles. The van der Waals surface area contributed by atoms with Gasteiger partial charge in [-0.25, -0.2) is 4.98 Å². The van der Waals surface area contributed by atoms with E-state index in [2.05, 4.69) is 17.1 Å². The van der Waals surface area contributed by atoms with E-state index in [0.29, 0.717) is 11.6 Å². The van der Waals surface area contributed by atoms with Crippen molar-refractivity contribution in [3.8, 4) is 6.07 Å². The van der Waals surface area contributed by atoms with Gasteiger partial charge in [-0.2, -0.15) is 5.26 Å². The first-order valence-corrected chi connectivity index (χ1v) is 5.27. The molecule has 0 aliphatic heterocycles. The van der Waals surface area contributed by atoms with Gasteiger partial charge in [-0.1, -0.05) is 25.3 Å². The average Bonchev–Trinajstić information content (AvgIpc) is 2.30. The van der Waals surface area contributed by atoms with E-state index >= 15 is 0 Å². The number of rotatable bonds is 1. The van der Waals surface area contributed by atoms with E-state index in [1.807, 2.05) is 6.07 Å². The van der Waals surface area contributed by atoms with Gasteiger partial charge >= 0.3 is 0 Å². The van der Waals surface area contributed by atoms with E-state index < -0.39 is 0 Å². The maximum atomic E-state index is 8.75. The number of hydrogen-bond donors (Lipinski definition) is 0. The molecule has 1 heterocycles. The highest BCUT2D eigenvalue weighted by Gasteiger charge is 2.16. The Hall–Kier alpha value is -1.36. The average molecular weight is 186 g/mol. The Morgan fingerprint density at radius 1 is 1.21 bits per heavy atom. The number of aromatic nitrogens is 1. The van der Waals surface area contributed by atoms with Gasteiger partial charge in [0.05, 0.1) is 0 Å². The summed E-state index contributed by atoms with van der Waals surface area (Å²) >= 11 is 0. The lowest BCUT2D eigenvalue weighted by Crippen LogP contribution is -2.06. The highest BCUT2D eigenvalue weighted by Crippen LogP contribution is 2.31. The van der Waals surface area contributed by atoms with Crippen LogP contribution in [0.4, 0.5) is 0 Å². The van der Waals surface area contributed by atoms with Crippen LogP contribution in [0, 0.1) is 11.3 Å². The molecule has 1 aliphatic rings. The fourth-order valence-corrected chi connectivity index (χ4v) is 2.14. The van der Waals surface area contributed by atoms with E-state index in [9.17, 15) is 0 Å². The predicted octanol–water partition coefficient (Wildman–Crippen LogP) is 3.00. The van der Waals surface area contributed by atoms with Crippen molar-refractivity contribution >= 4 is 0 Å². The van der Waals surface area contributed by atoms with Crippen LogP contribution in [0.3, 0.4) is 0 Å². The van der Waals surface area contributed by atoms with Gasteiger partial charge in [0.15, 0.2) is 0 Å². The Labute approximate surface area is 84.6 Å². The molecule has 14 heavy (non-hydrogen) atoms. The lowest BCUT2D eigenvalue weighted by atomic mass is 9.86. The smallest absolute Gasteiger partial charge is 0.140 e. The molecule has 0 N–H and O–H groups in total. The zero-order valence-corrected chi connectivity index (χ0v) is 8.24. The Balaban J connectivity index is 2.18. The van der Waals surface area contributed by atoms with Crippen LogP contribution in [0.15, 0.2) is 18.2 Å². The summed E-state index contributed by atoms with van der Waals surface area (Å²) in [6.07, 6.45) is 6.45. The molecule has 0 radical (unpaired) electrons. The topological polar surface area (TPSA) is 36.7 Å². The zero-order valence-electron chi connectivity index (χ0n) is 8.24. The van der Waals surface area contributed by atoms with Gasteiger partial charge in [0.1, 0.15) is 11.8 Å². The fourth-order valence-electron chi connectivity index (χ4n) is 2.14. The summed E-state index contributed by atoms with van der Waals surface area (Å²) < 4.78 is 0. The van der Waals surface area contributed by atoms with Crippen molar-refractivity contribution in [2.24, 2.45) is 0 Å². The van der Waals surface area contributed by atoms with E-state index in [1.165, 1.54) is 32.1 Å². The van der Waals surface area contributed by atoms with Crippen LogP contribution in [0.5, 0.6) is 0 Å². The quantitative estimate of drug-likeness (QED) is 0.676. The molecule has 1 aromatic heterocycles. The second-order valence-corrected chi connectivity index (χ2v) is 3.89. The van der Waals surface area contributed by atoms with Crippen molar-refractivity contribution in [1.29, 1.82) is 5.26 Å². The summed E-state index contributed by atoms with van der Waals surface area (Å²) in [5.74, 6) is 0.594. The standard InChI is InChI=1S/C12H14N2/c13-9-11-7-4-8-12(14-11)10-5-2-1-3-6-10/h4,7-8,10H,1-3,5-6H2. The number of nitriles is 1. The van der Waals surface area contributed by atoms with Crippen LogP contribution in [-0.2, 0) is 0 Å². The zero-order chi connectivity index (χ0) is 9.80. The summed E-state index contributed by atoms with van der Waals surface area (Å²) in [6, 6.07) is 7.86. The molecule has 0 amide bonds. The summed E-state index contributed by atoms with van der Waals surface area (Å²) in [5, 5.41) is 8.75. The number of pyridine rings is 1. The minimum Gasteiger partial charge on any atom is -0.242 e. The van der Waals surface area contributed by atoms with Gasteiger partial charge in [-0.15, -0.1) is 0 Å². The van der Waals surface area contributed by atoms with E-state index in [1.54, 1.807) is 6.07 Å². The van der Waals surface area contributed by atoms with Crippen molar-refractivity contribution < 1.29 is 0 Å². The second-order valence-electron chi connectivity index (χ2n) is 3.89. The molecule has 0 unspecified atom stereocenters. The van der Waals surface area contributed by atoms with Crippen LogP contribution in [0.2, 0.25) is 0 Å².